The molecule has 4 heterocycles. The highest BCUT2D eigenvalue weighted by Crippen LogP contribution is 2.51. The first-order valence-electron chi connectivity index (χ1n) is 20.6. The Balaban J connectivity index is 1.25. The molecule has 60 heavy (non-hydrogen) atoms. The normalized spacial score (nSPS) is 13.4. The third kappa shape index (κ3) is 4.08. The molecule has 4 aliphatic rings. The van der Waals surface area contributed by atoms with Crippen LogP contribution in [-0.2, 0) is 0 Å². The lowest BCUT2D eigenvalue weighted by molar-refractivity contribution is 0.409. The van der Waals surface area contributed by atoms with Crippen molar-refractivity contribution >= 4 is 78.5 Å². The molecule has 0 N–H and O–H groups in total. The van der Waals surface area contributed by atoms with Gasteiger partial charge in [-0.3, -0.25) is 0 Å². The van der Waals surface area contributed by atoms with Crippen molar-refractivity contribution in [3.8, 4) is 79.0 Å². The predicted molar refractivity (Wildman–Crippen MR) is 247 cm³/mol. The first-order chi connectivity index (χ1) is 29.7. The SMILES string of the molecule is COc1cc2c3c(c1)-c1cc(-c4ccccc4)c4cc5c6c(cc(-c7ccccc7)c7cc(c1c4c76)B3c1ccccc1O2)-c1cc(OC)cc2c1B5c1ccccc1O2. The van der Waals surface area contributed by atoms with Gasteiger partial charge in [-0.2, -0.15) is 0 Å². The summed E-state index contributed by atoms with van der Waals surface area (Å²) in [6, 6.07) is 57.5. The van der Waals surface area contributed by atoms with E-state index >= 15 is 0 Å². The summed E-state index contributed by atoms with van der Waals surface area (Å²) in [6.45, 7) is -0.0868. The number of rotatable bonds is 4. The quantitative estimate of drug-likeness (QED) is 0.132. The minimum atomic E-state index is -0.0434. The fourth-order valence-corrected chi connectivity index (χ4v) is 11.3. The lowest BCUT2D eigenvalue weighted by Crippen LogP contribution is -2.58. The van der Waals surface area contributed by atoms with E-state index in [-0.39, 0.29) is 13.4 Å². The summed E-state index contributed by atoms with van der Waals surface area (Å²) in [5, 5.41) is 7.67. The fourth-order valence-electron chi connectivity index (χ4n) is 11.3. The monoisotopic (exact) mass is 766 g/mol. The zero-order chi connectivity index (χ0) is 39.4. The van der Waals surface area contributed by atoms with E-state index in [1.54, 1.807) is 14.2 Å². The second kappa shape index (κ2) is 11.6. The largest absolute Gasteiger partial charge is 0.497 e. The van der Waals surface area contributed by atoms with Gasteiger partial charge in [-0.25, -0.2) is 0 Å². The Bertz CT molecular complexity index is 3290. The van der Waals surface area contributed by atoms with E-state index in [9.17, 15) is 0 Å². The summed E-state index contributed by atoms with van der Waals surface area (Å²) in [7, 11) is 3.49. The molecule has 4 nitrogen and oxygen atoms in total. The molecule has 6 heteroatoms. The average Bonchev–Trinajstić information content (AvgIpc) is 3.30. The Morgan fingerprint density at radius 3 is 1.20 bits per heavy atom. The van der Waals surface area contributed by atoms with Crippen LogP contribution in [0.3, 0.4) is 0 Å². The third-order valence-corrected chi connectivity index (χ3v) is 13.7. The van der Waals surface area contributed by atoms with Gasteiger partial charge in [0.05, 0.1) is 14.2 Å². The van der Waals surface area contributed by atoms with Crippen LogP contribution in [0.1, 0.15) is 0 Å². The second-order valence-corrected chi connectivity index (χ2v) is 16.5. The summed E-state index contributed by atoms with van der Waals surface area (Å²) in [6.07, 6.45) is 0. The second-order valence-electron chi connectivity index (χ2n) is 16.5. The van der Waals surface area contributed by atoms with Crippen molar-refractivity contribution in [3.05, 3.63) is 158 Å². The number of ether oxygens (including phenoxy) is 4. The molecule has 0 spiro atoms. The smallest absolute Gasteiger partial charge is 0.252 e. The van der Waals surface area contributed by atoms with Crippen molar-refractivity contribution < 1.29 is 18.9 Å². The number of methoxy groups -OCH3 is 2. The minimum Gasteiger partial charge on any atom is -0.497 e. The van der Waals surface area contributed by atoms with Crippen molar-refractivity contribution in [2.45, 2.75) is 0 Å². The van der Waals surface area contributed by atoms with E-state index < -0.39 is 0 Å². The average molecular weight is 766 g/mol. The van der Waals surface area contributed by atoms with Crippen LogP contribution >= 0.6 is 0 Å². The molecule has 0 saturated heterocycles. The topological polar surface area (TPSA) is 36.9 Å². The molecule has 0 aliphatic carbocycles. The maximum absolute atomic E-state index is 6.79. The zero-order valence-electron chi connectivity index (χ0n) is 32.8. The van der Waals surface area contributed by atoms with Crippen molar-refractivity contribution in [2.24, 2.45) is 0 Å². The molecule has 0 unspecified atom stereocenters. The standard InChI is InChI=1S/C54H32B2O4/c1-57-31-21-39-35-25-33(29-13-5-3-6-14-29)37-28-44-50-36(40-22-32(58-2)24-48-54(40)56(44)42-18-10-12-20-46(42)60-48)26-34(30-15-7-4-8-16-30)38-27-43(49(35)51(37)52(38)50)55-41-17-9-11-19-45(41)59-47(23-31)53(39)55/h3-28H,1-2H3. The third-order valence-electron chi connectivity index (χ3n) is 13.7. The molecule has 0 bridgehead atoms. The summed E-state index contributed by atoms with van der Waals surface area (Å²) < 4.78 is 25.6. The van der Waals surface area contributed by atoms with Gasteiger partial charge in [0.1, 0.15) is 34.5 Å². The number of para-hydroxylation sites is 2. The van der Waals surface area contributed by atoms with Gasteiger partial charge >= 0.3 is 0 Å². The van der Waals surface area contributed by atoms with Crippen LogP contribution in [-0.4, -0.2) is 27.6 Å². The molecule has 0 radical (unpaired) electrons. The zero-order valence-corrected chi connectivity index (χ0v) is 32.8. The van der Waals surface area contributed by atoms with Gasteiger partial charge in [0.15, 0.2) is 0 Å². The number of hydrogen-bond acceptors (Lipinski definition) is 4. The first kappa shape index (κ1) is 32.5. The highest BCUT2D eigenvalue weighted by atomic mass is 16.5. The lowest BCUT2D eigenvalue weighted by atomic mass is 9.32. The maximum Gasteiger partial charge on any atom is 0.252 e. The van der Waals surface area contributed by atoms with Crippen LogP contribution in [0.2, 0.25) is 0 Å². The molecule has 10 aromatic rings. The minimum absolute atomic E-state index is 0.0434. The highest BCUT2D eigenvalue weighted by molar-refractivity contribution is 7.01. The van der Waals surface area contributed by atoms with Gasteiger partial charge in [0.25, 0.3) is 13.4 Å². The summed E-state index contributed by atoms with van der Waals surface area (Å²) >= 11 is 0. The van der Waals surface area contributed by atoms with Gasteiger partial charge in [0, 0.05) is 12.1 Å². The number of benzene rings is 10. The Hall–Kier alpha value is -7.43. The van der Waals surface area contributed by atoms with Crippen LogP contribution in [0.5, 0.6) is 34.5 Å². The molecule has 0 atom stereocenters. The lowest BCUT2D eigenvalue weighted by Gasteiger charge is -2.37. The highest BCUT2D eigenvalue weighted by Gasteiger charge is 2.44. The molecule has 10 aromatic carbocycles. The van der Waals surface area contributed by atoms with E-state index in [0.717, 1.165) is 45.6 Å². The van der Waals surface area contributed by atoms with E-state index in [1.165, 1.54) is 98.5 Å². The number of hydrogen-bond donors (Lipinski definition) is 0. The fraction of sp³-hybridized carbons (Fsp3) is 0.0370. The van der Waals surface area contributed by atoms with Crippen molar-refractivity contribution in [3.63, 3.8) is 0 Å². The molecule has 4 aliphatic heterocycles. The van der Waals surface area contributed by atoms with Gasteiger partial charge in [0.2, 0.25) is 0 Å². The van der Waals surface area contributed by atoms with E-state index in [2.05, 4.69) is 158 Å². The molecule has 278 valence electrons. The van der Waals surface area contributed by atoms with Crippen LogP contribution in [0.15, 0.2) is 158 Å². The van der Waals surface area contributed by atoms with Gasteiger partial charge in [-0.05, 0) is 135 Å². The molecule has 14 rings (SSSR count). The van der Waals surface area contributed by atoms with Crippen LogP contribution in [0, 0.1) is 0 Å². The summed E-state index contributed by atoms with van der Waals surface area (Å²) in [5.74, 6) is 5.02. The Labute approximate surface area is 347 Å². The van der Waals surface area contributed by atoms with Crippen LogP contribution in [0.4, 0.5) is 0 Å². The number of fused-ring (bicyclic) bond motifs is 8. The van der Waals surface area contributed by atoms with Crippen molar-refractivity contribution in [1.29, 1.82) is 0 Å². The Kier molecular flexibility index (Phi) is 6.29. The van der Waals surface area contributed by atoms with E-state index in [0.29, 0.717) is 0 Å². The maximum atomic E-state index is 6.79. The molecular formula is C54H32B2O4. The van der Waals surface area contributed by atoms with Gasteiger partial charge in [-0.1, -0.05) is 120 Å². The molecule has 0 saturated carbocycles. The van der Waals surface area contributed by atoms with E-state index in [1.807, 2.05) is 0 Å². The van der Waals surface area contributed by atoms with Gasteiger partial charge < -0.3 is 18.9 Å². The molecule has 0 amide bonds. The Morgan fingerprint density at radius 2 is 0.767 bits per heavy atom. The van der Waals surface area contributed by atoms with Gasteiger partial charge in [-0.15, -0.1) is 0 Å². The first-order valence-corrected chi connectivity index (χ1v) is 20.6. The Morgan fingerprint density at radius 1 is 0.350 bits per heavy atom. The molecule has 0 aromatic heterocycles. The molecule has 0 fully saturated rings. The molecular weight excluding hydrogens is 734 g/mol. The van der Waals surface area contributed by atoms with Crippen molar-refractivity contribution in [2.75, 3.05) is 14.2 Å². The van der Waals surface area contributed by atoms with Crippen LogP contribution in [0.25, 0.3) is 76.8 Å². The van der Waals surface area contributed by atoms with Crippen molar-refractivity contribution in [1.82, 2.24) is 0 Å². The van der Waals surface area contributed by atoms with Crippen LogP contribution < -0.4 is 51.7 Å². The van der Waals surface area contributed by atoms with E-state index in [4.69, 9.17) is 18.9 Å². The summed E-state index contributed by atoms with van der Waals surface area (Å²) in [5.41, 5.74) is 16.8. The predicted octanol–water partition coefficient (Wildman–Crippen LogP) is 9.14. The summed E-state index contributed by atoms with van der Waals surface area (Å²) in [4.78, 5) is 0.